The molecule has 0 saturated carbocycles. The van der Waals surface area contributed by atoms with E-state index in [1.54, 1.807) is 20.5 Å². The Morgan fingerprint density at radius 1 is 1.18 bits per heavy atom. The Labute approximate surface area is 103 Å². The summed E-state index contributed by atoms with van der Waals surface area (Å²) < 4.78 is 15.9. The van der Waals surface area contributed by atoms with Gasteiger partial charge in [0.05, 0.1) is 0 Å². The molecule has 0 aliphatic carbocycles. The molecule has 1 rings (SSSR count). The molecule has 0 atom stereocenters. The molecular formula is C12H17NO3Si. The topological polar surface area (TPSA) is 51.5 Å². The van der Waals surface area contributed by atoms with Crippen molar-refractivity contribution in [3.8, 4) is 6.26 Å². The minimum Gasteiger partial charge on any atom is -0.428 e. The van der Waals surface area contributed by atoms with Crippen molar-refractivity contribution in [2.45, 2.75) is 12.5 Å². The van der Waals surface area contributed by atoms with Crippen LogP contribution in [-0.4, -0.2) is 29.4 Å². The van der Waals surface area contributed by atoms with Crippen LogP contribution in [0.15, 0.2) is 30.3 Å². The highest BCUT2D eigenvalue weighted by atomic mass is 28.4. The van der Waals surface area contributed by atoms with Gasteiger partial charge in [-0.05, 0) is 17.7 Å². The van der Waals surface area contributed by atoms with E-state index in [1.807, 2.05) is 30.3 Å². The first-order chi connectivity index (χ1) is 8.29. The summed E-state index contributed by atoms with van der Waals surface area (Å²) >= 11 is 0. The fourth-order valence-corrected chi connectivity index (χ4v) is 4.43. The zero-order chi connectivity index (χ0) is 12.6. The van der Waals surface area contributed by atoms with Gasteiger partial charge in [0.1, 0.15) is 6.61 Å². The Morgan fingerprint density at radius 3 is 2.35 bits per heavy atom. The van der Waals surface area contributed by atoms with E-state index in [0.29, 0.717) is 6.61 Å². The minimum atomic E-state index is -2.36. The number of benzene rings is 1. The van der Waals surface area contributed by atoms with Crippen molar-refractivity contribution in [2.24, 2.45) is 0 Å². The summed E-state index contributed by atoms with van der Waals surface area (Å²) in [6.45, 7) is 0.408. The molecule has 92 valence electrons. The Bertz CT molecular complexity index is 360. The van der Waals surface area contributed by atoms with Crippen LogP contribution in [0.3, 0.4) is 0 Å². The second-order valence-electron chi connectivity index (χ2n) is 3.57. The SMILES string of the molecule is CO[Si](CCCOC#N)(OC)c1ccccc1. The van der Waals surface area contributed by atoms with Crippen LogP contribution >= 0.6 is 0 Å². The first kappa shape index (κ1) is 13.7. The molecular weight excluding hydrogens is 234 g/mol. The van der Waals surface area contributed by atoms with Crippen LogP contribution in [0.5, 0.6) is 0 Å². The third-order valence-electron chi connectivity index (χ3n) is 2.69. The number of nitriles is 1. The van der Waals surface area contributed by atoms with Gasteiger partial charge in [0.25, 0.3) is 6.26 Å². The van der Waals surface area contributed by atoms with Crippen LogP contribution in [0.4, 0.5) is 0 Å². The molecule has 17 heavy (non-hydrogen) atoms. The second kappa shape index (κ2) is 7.07. The molecule has 0 saturated heterocycles. The molecule has 0 aromatic heterocycles. The van der Waals surface area contributed by atoms with Crippen molar-refractivity contribution in [1.82, 2.24) is 0 Å². The van der Waals surface area contributed by atoms with Crippen LogP contribution in [0.1, 0.15) is 6.42 Å². The van der Waals surface area contributed by atoms with Gasteiger partial charge in [-0.15, -0.1) is 0 Å². The van der Waals surface area contributed by atoms with Gasteiger partial charge in [-0.1, -0.05) is 30.3 Å². The molecule has 0 amide bonds. The highest BCUT2D eigenvalue weighted by molar-refractivity contribution is 6.81. The van der Waals surface area contributed by atoms with Crippen LogP contribution in [0.25, 0.3) is 0 Å². The second-order valence-corrected chi connectivity index (χ2v) is 6.97. The van der Waals surface area contributed by atoms with Crippen LogP contribution in [0.2, 0.25) is 6.04 Å². The number of hydrogen-bond donors (Lipinski definition) is 0. The van der Waals surface area contributed by atoms with E-state index in [4.69, 9.17) is 14.1 Å². The molecule has 0 radical (unpaired) electrons. The highest BCUT2D eigenvalue weighted by Crippen LogP contribution is 2.14. The van der Waals surface area contributed by atoms with Crippen molar-refractivity contribution >= 4 is 13.7 Å². The molecule has 0 spiro atoms. The minimum absolute atomic E-state index is 0.408. The van der Waals surface area contributed by atoms with Crippen LogP contribution < -0.4 is 5.19 Å². The summed E-state index contributed by atoms with van der Waals surface area (Å²) in [5.41, 5.74) is 0. The third-order valence-corrected chi connectivity index (χ3v) is 6.23. The maximum Gasteiger partial charge on any atom is 0.372 e. The van der Waals surface area contributed by atoms with Gasteiger partial charge in [-0.2, -0.15) is 5.26 Å². The fourth-order valence-electron chi connectivity index (χ4n) is 1.78. The Morgan fingerprint density at radius 2 is 1.82 bits per heavy atom. The van der Waals surface area contributed by atoms with E-state index in [-0.39, 0.29) is 0 Å². The largest absolute Gasteiger partial charge is 0.428 e. The van der Waals surface area contributed by atoms with E-state index in [2.05, 4.69) is 4.74 Å². The predicted molar refractivity (Wildman–Crippen MR) is 66.8 cm³/mol. The smallest absolute Gasteiger partial charge is 0.372 e. The first-order valence-electron chi connectivity index (χ1n) is 5.46. The van der Waals surface area contributed by atoms with E-state index in [9.17, 15) is 0 Å². The Balaban J connectivity index is 2.72. The lowest BCUT2D eigenvalue weighted by Crippen LogP contribution is -2.52. The lowest BCUT2D eigenvalue weighted by atomic mass is 10.4. The first-order valence-corrected chi connectivity index (χ1v) is 7.48. The summed E-state index contributed by atoms with van der Waals surface area (Å²) in [5, 5.41) is 9.40. The van der Waals surface area contributed by atoms with Crippen molar-refractivity contribution < 1.29 is 13.6 Å². The molecule has 0 heterocycles. The quantitative estimate of drug-likeness (QED) is 0.419. The Hall–Kier alpha value is -1.35. The summed E-state index contributed by atoms with van der Waals surface area (Å²) in [6.07, 6.45) is 2.41. The molecule has 4 nitrogen and oxygen atoms in total. The lowest BCUT2D eigenvalue weighted by molar-refractivity contribution is 0.238. The molecule has 1 aromatic carbocycles. The lowest BCUT2D eigenvalue weighted by Gasteiger charge is -2.27. The average Bonchev–Trinajstić information content (AvgIpc) is 2.41. The standard InChI is InChI=1S/C12H17NO3Si/c1-14-17(15-2,10-6-9-16-11-13)12-7-4-3-5-8-12/h3-5,7-8H,6,9-10H2,1-2H3. The van der Waals surface area contributed by atoms with Crippen molar-refractivity contribution in [3.63, 3.8) is 0 Å². The Kier molecular flexibility index (Phi) is 5.70. The summed E-state index contributed by atoms with van der Waals surface area (Å²) in [6, 6.07) is 10.7. The van der Waals surface area contributed by atoms with Gasteiger partial charge < -0.3 is 13.6 Å². The van der Waals surface area contributed by atoms with Crippen LogP contribution in [0, 0.1) is 11.5 Å². The third kappa shape index (κ3) is 3.56. The van der Waals surface area contributed by atoms with Gasteiger partial charge in [0.15, 0.2) is 0 Å². The monoisotopic (exact) mass is 251 g/mol. The van der Waals surface area contributed by atoms with E-state index >= 15 is 0 Å². The zero-order valence-electron chi connectivity index (χ0n) is 10.2. The van der Waals surface area contributed by atoms with Gasteiger partial charge in [-0.3, -0.25) is 0 Å². The van der Waals surface area contributed by atoms with Gasteiger partial charge in [0.2, 0.25) is 0 Å². The maximum atomic E-state index is 8.30. The highest BCUT2D eigenvalue weighted by Gasteiger charge is 2.37. The van der Waals surface area contributed by atoms with Gasteiger partial charge >= 0.3 is 8.56 Å². The summed E-state index contributed by atoms with van der Waals surface area (Å²) in [4.78, 5) is 0. The van der Waals surface area contributed by atoms with E-state index in [0.717, 1.165) is 17.7 Å². The molecule has 0 unspecified atom stereocenters. The molecule has 0 fully saturated rings. The molecule has 0 aliphatic heterocycles. The van der Waals surface area contributed by atoms with Gasteiger partial charge in [0, 0.05) is 14.2 Å². The number of ether oxygens (including phenoxy) is 1. The van der Waals surface area contributed by atoms with Crippen molar-refractivity contribution in [1.29, 1.82) is 5.26 Å². The zero-order valence-corrected chi connectivity index (χ0v) is 11.2. The summed E-state index contributed by atoms with van der Waals surface area (Å²) in [5.74, 6) is 0. The number of hydrogen-bond acceptors (Lipinski definition) is 4. The van der Waals surface area contributed by atoms with Crippen molar-refractivity contribution in [2.75, 3.05) is 20.8 Å². The predicted octanol–water partition coefficient (Wildman–Crippen LogP) is 1.52. The molecule has 0 bridgehead atoms. The van der Waals surface area contributed by atoms with Crippen molar-refractivity contribution in [3.05, 3.63) is 30.3 Å². The number of rotatable bonds is 7. The van der Waals surface area contributed by atoms with E-state index in [1.165, 1.54) is 0 Å². The van der Waals surface area contributed by atoms with E-state index < -0.39 is 8.56 Å². The molecule has 0 N–H and O–H groups in total. The fraction of sp³-hybridized carbons (Fsp3) is 0.417. The molecule has 1 aromatic rings. The van der Waals surface area contributed by atoms with Crippen LogP contribution in [-0.2, 0) is 13.6 Å². The average molecular weight is 251 g/mol. The van der Waals surface area contributed by atoms with Gasteiger partial charge in [-0.25, -0.2) is 0 Å². The molecule has 5 heteroatoms. The normalized spacial score (nSPS) is 10.9. The maximum absolute atomic E-state index is 8.30. The number of nitrogens with zero attached hydrogens (tertiary/aromatic N) is 1. The molecule has 0 aliphatic rings. The summed E-state index contributed by atoms with van der Waals surface area (Å²) in [7, 11) is 0.990.